The smallest absolute Gasteiger partial charge is 0.220 e. The van der Waals surface area contributed by atoms with Crippen LogP contribution in [0, 0.1) is 12.7 Å². The summed E-state index contributed by atoms with van der Waals surface area (Å²) in [5.74, 6) is -0.225. The molecule has 0 aliphatic heterocycles. The number of hydrogen-bond acceptors (Lipinski definition) is 4. The van der Waals surface area contributed by atoms with Gasteiger partial charge >= 0.3 is 0 Å². The van der Waals surface area contributed by atoms with Crippen LogP contribution in [-0.4, -0.2) is 15.0 Å². The van der Waals surface area contributed by atoms with Gasteiger partial charge in [-0.05, 0) is 19.1 Å². The van der Waals surface area contributed by atoms with Crippen molar-refractivity contribution in [2.24, 2.45) is 0 Å². The van der Waals surface area contributed by atoms with Gasteiger partial charge in [0, 0.05) is 17.5 Å². The molecular formula is C10H9FN4. The van der Waals surface area contributed by atoms with Crippen LogP contribution in [0.5, 0.6) is 0 Å². The van der Waals surface area contributed by atoms with Gasteiger partial charge in [-0.3, -0.25) is 4.98 Å². The number of halogens is 1. The van der Waals surface area contributed by atoms with Gasteiger partial charge in [0.25, 0.3) is 0 Å². The summed E-state index contributed by atoms with van der Waals surface area (Å²) in [7, 11) is 0. The highest BCUT2D eigenvalue weighted by Crippen LogP contribution is 2.17. The first-order valence-corrected chi connectivity index (χ1v) is 4.37. The second kappa shape index (κ2) is 3.61. The Bertz CT molecular complexity index is 478. The molecule has 2 aromatic rings. The van der Waals surface area contributed by atoms with E-state index in [0.29, 0.717) is 11.3 Å². The highest BCUT2D eigenvalue weighted by Gasteiger charge is 2.03. The van der Waals surface area contributed by atoms with E-state index in [2.05, 4.69) is 15.0 Å². The van der Waals surface area contributed by atoms with Gasteiger partial charge < -0.3 is 5.73 Å². The molecule has 0 saturated heterocycles. The number of hydrogen-bond donors (Lipinski definition) is 1. The number of rotatable bonds is 1. The first-order valence-electron chi connectivity index (χ1n) is 4.37. The predicted molar refractivity (Wildman–Crippen MR) is 54.4 cm³/mol. The number of pyridine rings is 1. The van der Waals surface area contributed by atoms with Crippen molar-refractivity contribution in [1.82, 2.24) is 15.0 Å². The van der Waals surface area contributed by atoms with E-state index in [-0.39, 0.29) is 5.95 Å². The van der Waals surface area contributed by atoms with E-state index in [0.717, 1.165) is 11.9 Å². The van der Waals surface area contributed by atoms with E-state index >= 15 is 0 Å². The standard InChI is InChI=1S/C10H9FN4/c1-6-2-9(15-10(12)14-6)7-3-8(11)5-13-4-7/h2-5H,1H3,(H2,12,14,15). The first kappa shape index (κ1) is 9.51. The Morgan fingerprint density at radius 3 is 2.67 bits per heavy atom. The molecule has 0 unspecified atom stereocenters. The molecular weight excluding hydrogens is 195 g/mol. The van der Waals surface area contributed by atoms with Gasteiger partial charge in [0.05, 0.1) is 11.9 Å². The van der Waals surface area contributed by atoms with Gasteiger partial charge in [-0.15, -0.1) is 0 Å². The fourth-order valence-electron chi connectivity index (χ4n) is 1.29. The molecule has 0 fully saturated rings. The van der Waals surface area contributed by atoms with Crippen LogP contribution in [0.25, 0.3) is 11.3 Å². The van der Waals surface area contributed by atoms with Gasteiger partial charge in [0.15, 0.2) is 0 Å². The van der Waals surface area contributed by atoms with E-state index in [1.165, 1.54) is 12.3 Å². The van der Waals surface area contributed by atoms with Crippen LogP contribution < -0.4 is 5.73 Å². The van der Waals surface area contributed by atoms with Crippen molar-refractivity contribution < 1.29 is 4.39 Å². The molecule has 0 amide bonds. The highest BCUT2D eigenvalue weighted by atomic mass is 19.1. The number of nitrogen functional groups attached to an aromatic ring is 1. The summed E-state index contributed by atoms with van der Waals surface area (Å²) in [6, 6.07) is 3.08. The third kappa shape index (κ3) is 2.07. The van der Waals surface area contributed by atoms with E-state index in [1.54, 1.807) is 13.0 Å². The average molecular weight is 204 g/mol. The molecule has 2 heterocycles. The lowest BCUT2D eigenvalue weighted by molar-refractivity contribution is 0.622. The molecule has 0 atom stereocenters. The molecule has 0 bridgehead atoms. The van der Waals surface area contributed by atoms with Crippen LogP contribution >= 0.6 is 0 Å². The number of nitrogens with zero attached hydrogens (tertiary/aromatic N) is 3. The van der Waals surface area contributed by atoms with Crippen LogP contribution in [-0.2, 0) is 0 Å². The molecule has 2 N–H and O–H groups in total. The van der Waals surface area contributed by atoms with Crippen LogP contribution in [0.2, 0.25) is 0 Å². The lowest BCUT2D eigenvalue weighted by Crippen LogP contribution is -1.98. The molecule has 2 aromatic heterocycles. The summed E-state index contributed by atoms with van der Waals surface area (Å²) in [6.45, 7) is 1.80. The number of nitrogens with two attached hydrogens (primary N) is 1. The molecule has 0 aromatic carbocycles. The van der Waals surface area contributed by atoms with Crippen molar-refractivity contribution in [2.45, 2.75) is 6.92 Å². The summed E-state index contributed by atoms with van der Waals surface area (Å²) >= 11 is 0. The van der Waals surface area contributed by atoms with Crippen LogP contribution in [0.3, 0.4) is 0 Å². The molecule has 0 spiro atoms. The molecule has 76 valence electrons. The summed E-state index contributed by atoms with van der Waals surface area (Å²) < 4.78 is 12.9. The zero-order valence-corrected chi connectivity index (χ0v) is 8.11. The van der Waals surface area contributed by atoms with Gasteiger partial charge in [0.2, 0.25) is 5.95 Å². The molecule has 2 rings (SSSR count). The van der Waals surface area contributed by atoms with Crippen molar-refractivity contribution in [3.63, 3.8) is 0 Å². The zero-order chi connectivity index (χ0) is 10.8. The third-order valence-electron chi connectivity index (χ3n) is 1.87. The van der Waals surface area contributed by atoms with Crippen LogP contribution in [0.1, 0.15) is 5.69 Å². The van der Waals surface area contributed by atoms with Crippen molar-refractivity contribution >= 4 is 5.95 Å². The van der Waals surface area contributed by atoms with Crippen molar-refractivity contribution in [3.05, 3.63) is 36.0 Å². The Labute approximate surface area is 86.0 Å². The monoisotopic (exact) mass is 204 g/mol. The Morgan fingerprint density at radius 1 is 1.20 bits per heavy atom. The maximum absolute atomic E-state index is 12.9. The minimum absolute atomic E-state index is 0.175. The first-order chi connectivity index (χ1) is 7.15. The average Bonchev–Trinajstić information content (AvgIpc) is 2.16. The molecule has 0 aliphatic carbocycles. The summed E-state index contributed by atoms with van der Waals surface area (Å²) in [6.07, 6.45) is 2.67. The molecule has 0 radical (unpaired) electrons. The Balaban J connectivity index is 2.54. The van der Waals surface area contributed by atoms with E-state index < -0.39 is 5.82 Å². The Hall–Kier alpha value is -2.04. The molecule has 0 aliphatic rings. The summed E-state index contributed by atoms with van der Waals surface area (Å²) in [5.41, 5.74) is 7.40. The van der Waals surface area contributed by atoms with Gasteiger partial charge in [0.1, 0.15) is 5.82 Å². The lowest BCUT2D eigenvalue weighted by atomic mass is 10.2. The summed E-state index contributed by atoms with van der Waals surface area (Å²) in [4.78, 5) is 11.7. The maximum atomic E-state index is 12.9. The van der Waals surface area contributed by atoms with Crippen molar-refractivity contribution in [3.8, 4) is 11.3 Å². The minimum Gasteiger partial charge on any atom is -0.368 e. The Kier molecular flexibility index (Phi) is 2.29. The van der Waals surface area contributed by atoms with Crippen LogP contribution in [0.4, 0.5) is 10.3 Å². The minimum atomic E-state index is -0.401. The molecule has 15 heavy (non-hydrogen) atoms. The maximum Gasteiger partial charge on any atom is 0.220 e. The quantitative estimate of drug-likeness (QED) is 0.765. The molecule has 5 heteroatoms. The van der Waals surface area contributed by atoms with E-state index in [1.807, 2.05) is 0 Å². The molecule has 4 nitrogen and oxygen atoms in total. The number of anilines is 1. The van der Waals surface area contributed by atoms with Gasteiger partial charge in [-0.25, -0.2) is 14.4 Å². The second-order valence-corrected chi connectivity index (χ2v) is 3.14. The third-order valence-corrected chi connectivity index (χ3v) is 1.87. The van der Waals surface area contributed by atoms with Crippen LogP contribution in [0.15, 0.2) is 24.5 Å². The highest BCUT2D eigenvalue weighted by molar-refractivity contribution is 5.59. The SMILES string of the molecule is Cc1cc(-c2cncc(F)c2)nc(N)n1. The molecule has 0 saturated carbocycles. The van der Waals surface area contributed by atoms with E-state index in [4.69, 9.17) is 5.73 Å². The van der Waals surface area contributed by atoms with Gasteiger partial charge in [-0.2, -0.15) is 0 Å². The van der Waals surface area contributed by atoms with Gasteiger partial charge in [-0.1, -0.05) is 0 Å². The number of aryl methyl sites for hydroxylation is 1. The van der Waals surface area contributed by atoms with Crippen molar-refractivity contribution in [2.75, 3.05) is 5.73 Å². The summed E-state index contributed by atoms with van der Waals surface area (Å²) in [5, 5.41) is 0. The van der Waals surface area contributed by atoms with Crippen molar-refractivity contribution in [1.29, 1.82) is 0 Å². The fourth-order valence-corrected chi connectivity index (χ4v) is 1.29. The topological polar surface area (TPSA) is 64.7 Å². The zero-order valence-electron chi connectivity index (χ0n) is 8.11. The second-order valence-electron chi connectivity index (χ2n) is 3.14. The lowest BCUT2D eigenvalue weighted by Gasteiger charge is -2.02. The van der Waals surface area contributed by atoms with E-state index in [9.17, 15) is 4.39 Å². The fraction of sp³-hybridized carbons (Fsp3) is 0.100. The predicted octanol–water partition coefficient (Wildman–Crippen LogP) is 1.57. The largest absolute Gasteiger partial charge is 0.368 e. The number of aromatic nitrogens is 3. The Morgan fingerprint density at radius 2 is 2.00 bits per heavy atom. The normalized spacial score (nSPS) is 10.3.